The molecule has 0 unspecified atom stereocenters. The highest BCUT2D eigenvalue weighted by atomic mass is 16.5. The van der Waals surface area contributed by atoms with Gasteiger partial charge < -0.3 is 9.47 Å². The molecule has 0 N–H and O–H groups in total. The third kappa shape index (κ3) is 6.22. The fourth-order valence-corrected chi connectivity index (χ4v) is 1.53. The Morgan fingerprint density at radius 1 is 1.35 bits per heavy atom. The molecule has 0 radical (unpaired) electrons. The Balaban J connectivity index is 2.05. The summed E-state index contributed by atoms with van der Waals surface area (Å²) in [7, 11) is 0. The molecule has 0 aromatic rings. The Labute approximate surface area is 101 Å². The standard InChI is InChI=1S/C12H19NO4/c1-11(10-14)2-3-12(15)17-9-6-13-4-7-16-8-5-13/h2-9H2,1H3. The highest BCUT2D eigenvalue weighted by Crippen LogP contribution is 2.01. The monoisotopic (exact) mass is 241 g/mol. The van der Waals surface area contributed by atoms with Crippen LogP contribution in [0, 0.1) is 0 Å². The second kappa shape index (κ2) is 8.01. The average molecular weight is 241 g/mol. The van der Waals surface area contributed by atoms with E-state index in [9.17, 15) is 9.59 Å². The van der Waals surface area contributed by atoms with E-state index < -0.39 is 0 Å². The number of nitrogens with zero attached hydrogens (tertiary/aromatic N) is 1. The van der Waals surface area contributed by atoms with Crippen molar-refractivity contribution in [2.45, 2.75) is 19.8 Å². The van der Waals surface area contributed by atoms with Crippen LogP contribution in [0.5, 0.6) is 0 Å². The van der Waals surface area contributed by atoms with E-state index in [-0.39, 0.29) is 12.4 Å². The number of carbonyl (C=O) groups excluding carboxylic acids is 2. The van der Waals surface area contributed by atoms with E-state index in [2.05, 4.69) is 4.90 Å². The Hall–Kier alpha value is -1.16. The molecule has 1 rings (SSSR count). The van der Waals surface area contributed by atoms with E-state index in [1.807, 2.05) is 0 Å². The van der Waals surface area contributed by atoms with Gasteiger partial charge in [-0.05, 0) is 13.3 Å². The first-order valence-corrected chi connectivity index (χ1v) is 5.88. The minimum Gasteiger partial charge on any atom is -0.464 e. The molecule has 1 saturated heterocycles. The van der Waals surface area contributed by atoms with Crippen LogP contribution in [0.25, 0.3) is 0 Å². The number of allylic oxidation sites excluding steroid dienone is 1. The van der Waals surface area contributed by atoms with Crippen molar-refractivity contribution in [3.63, 3.8) is 0 Å². The number of rotatable bonds is 6. The molecule has 0 aromatic carbocycles. The molecule has 1 heterocycles. The largest absolute Gasteiger partial charge is 0.464 e. The van der Waals surface area contributed by atoms with Crippen LogP contribution in [0.3, 0.4) is 0 Å². The van der Waals surface area contributed by atoms with Gasteiger partial charge in [-0.1, -0.05) is 0 Å². The number of ether oxygens (including phenoxy) is 2. The van der Waals surface area contributed by atoms with Crippen molar-refractivity contribution in [3.05, 3.63) is 5.57 Å². The van der Waals surface area contributed by atoms with Crippen molar-refractivity contribution in [2.24, 2.45) is 0 Å². The van der Waals surface area contributed by atoms with E-state index in [0.29, 0.717) is 18.6 Å². The van der Waals surface area contributed by atoms with Crippen molar-refractivity contribution in [3.8, 4) is 0 Å². The van der Waals surface area contributed by atoms with Crippen LogP contribution < -0.4 is 0 Å². The summed E-state index contributed by atoms with van der Waals surface area (Å²) < 4.78 is 10.3. The molecular formula is C12H19NO4. The number of carbonyl (C=O) groups is 1. The SMILES string of the molecule is CC(=C=O)CCC(=O)OCCN1CCOCC1. The number of hydrogen-bond donors (Lipinski definition) is 0. The molecule has 0 atom stereocenters. The minimum absolute atomic E-state index is 0.254. The number of esters is 1. The first-order chi connectivity index (χ1) is 8.22. The van der Waals surface area contributed by atoms with Crippen LogP contribution in [0.1, 0.15) is 19.8 Å². The number of morpholine rings is 1. The first kappa shape index (κ1) is 13.9. The summed E-state index contributed by atoms with van der Waals surface area (Å²) in [5, 5.41) is 0. The molecule has 0 bridgehead atoms. The summed E-state index contributed by atoms with van der Waals surface area (Å²) in [6, 6.07) is 0. The van der Waals surface area contributed by atoms with Gasteiger partial charge in [-0.25, -0.2) is 4.79 Å². The maximum Gasteiger partial charge on any atom is 0.306 e. The highest BCUT2D eigenvalue weighted by molar-refractivity contribution is 5.70. The van der Waals surface area contributed by atoms with Crippen molar-refractivity contribution >= 4 is 11.9 Å². The molecule has 17 heavy (non-hydrogen) atoms. The molecule has 0 aromatic heterocycles. The van der Waals surface area contributed by atoms with Crippen molar-refractivity contribution in [1.82, 2.24) is 4.90 Å². The maximum atomic E-state index is 11.3. The lowest BCUT2D eigenvalue weighted by Gasteiger charge is -2.26. The smallest absolute Gasteiger partial charge is 0.306 e. The molecule has 5 heteroatoms. The number of hydrogen-bond acceptors (Lipinski definition) is 5. The summed E-state index contributed by atoms with van der Waals surface area (Å²) in [5.41, 5.74) is 0.551. The van der Waals surface area contributed by atoms with E-state index >= 15 is 0 Å². The lowest BCUT2D eigenvalue weighted by molar-refractivity contribution is -0.144. The Bertz CT molecular complexity index is 291. The van der Waals surface area contributed by atoms with Gasteiger partial charge in [0.05, 0.1) is 13.2 Å². The third-order valence-electron chi connectivity index (χ3n) is 2.65. The lowest BCUT2D eigenvalue weighted by Crippen LogP contribution is -2.38. The van der Waals surface area contributed by atoms with Crippen LogP contribution in [-0.4, -0.2) is 56.3 Å². The minimum atomic E-state index is -0.257. The van der Waals surface area contributed by atoms with E-state index in [1.54, 1.807) is 12.9 Å². The van der Waals surface area contributed by atoms with Crippen LogP contribution in [0.2, 0.25) is 0 Å². The summed E-state index contributed by atoms with van der Waals surface area (Å²) in [6.45, 7) is 6.10. The molecule has 0 saturated carbocycles. The zero-order valence-electron chi connectivity index (χ0n) is 10.2. The van der Waals surface area contributed by atoms with Crippen LogP contribution in [0.15, 0.2) is 5.57 Å². The summed E-state index contributed by atoms with van der Waals surface area (Å²) in [6.07, 6.45) is 0.685. The molecule has 96 valence electrons. The van der Waals surface area contributed by atoms with Crippen molar-refractivity contribution in [2.75, 3.05) is 39.5 Å². The molecule has 0 amide bonds. The average Bonchev–Trinajstić information content (AvgIpc) is 2.37. The quantitative estimate of drug-likeness (QED) is 0.498. The molecule has 1 aliphatic rings. The highest BCUT2D eigenvalue weighted by Gasteiger charge is 2.10. The second-order valence-corrected chi connectivity index (χ2v) is 4.06. The Morgan fingerprint density at radius 3 is 2.71 bits per heavy atom. The summed E-state index contributed by atoms with van der Waals surface area (Å²) >= 11 is 0. The molecule has 0 spiro atoms. The third-order valence-corrected chi connectivity index (χ3v) is 2.65. The van der Waals surface area contributed by atoms with Gasteiger partial charge in [0.1, 0.15) is 12.5 Å². The first-order valence-electron chi connectivity index (χ1n) is 5.88. The topological polar surface area (TPSA) is 55.8 Å². The van der Waals surface area contributed by atoms with Crippen molar-refractivity contribution < 1.29 is 19.1 Å². The van der Waals surface area contributed by atoms with Gasteiger partial charge in [-0.2, -0.15) is 0 Å². The van der Waals surface area contributed by atoms with E-state index in [0.717, 1.165) is 32.8 Å². The van der Waals surface area contributed by atoms with Gasteiger partial charge in [-0.3, -0.25) is 9.69 Å². The van der Waals surface area contributed by atoms with E-state index in [1.165, 1.54) is 0 Å². The van der Waals surface area contributed by atoms with E-state index in [4.69, 9.17) is 9.47 Å². The van der Waals surface area contributed by atoms with Gasteiger partial charge in [0, 0.05) is 31.6 Å². The maximum absolute atomic E-state index is 11.3. The molecule has 5 nitrogen and oxygen atoms in total. The molecule has 1 aliphatic heterocycles. The fraction of sp³-hybridized carbons (Fsp3) is 0.750. The van der Waals surface area contributed by atoms with Crippen LogP contribution >= 0.6 is 0 Å². The normalized spacial score (nSPS) is 16.3. The Kier molecular flexibility index (Phi) is 6.55. The lowest BCUT2D eigenvalue weighted by atomic mass is 10.2. The summed E-state index contributed by atoms with van der Waals surface area (Å²) in [5.74, 6) is 1.51. The van der Waals surface area contributed by atoms with Gasteiger partial charge >= 0.3 is 5.97 Å². The molecule has 0 aliphatic carbocycles. The van der Waals surface area contributed by atoms with Gasteiger partial charge in [0.2, 0.25) is 0 Å². The molecule has 1 fully saturated rings. The van der Waals surface area contributed by atoms with Crippen molar-refractivity contribution in [1.29, 1.82) is 0 Å². The predicted octanol–water partition coefficient (Wildman–Crippen LogP) is 0.420. The van der Waals surface area contributed by atoms with Gasteiger partial charge in [-0.15, -0.1) is 0 Å². The van der Waals surface area contributed by atoms with Gasteiger partial charge in [0.25, 0.3) is 0 Å². The fourth-order valence-electron chi connectivity index (χ4n) is 1.53. The molecular weight excluding hydrogens is 222 g/mol. The Morgan fingerprint density at radius 2 is 2.06 bits per heavy atom. The van der Waals surface area contributed by atoms with Gasteiger partial charge in [0.15, 0.2) is 0 Å². The van der Waals surface area contributed by atoms with Crippen LogP contribution in [-0.2, 0) is 19.1 Å². The zero-order valence-corrected chi connectivity index (χ0v) is 10.2. The van der Waals surface area contributed by atoms with Crippen LogP contribution in [0.4, 0.5) is 0 Å². The zero-order chi connectivity index (χ0) is 12.5. The second-order valence-electron chi connectivity index (χ2n) is 4.06. The predicted molar refractivity (Wildman–Crippen MR) is 62.3 cm³/mol. The summed E-state index contributed by atoms with van der Waals surface area (Å²) in [4.78, 5) is 23.7.